The molecule has 122 valence electrons. The molecule has 0 unspecified atom stereocenters. The summed E-state index contributed by atoms with van der Waals surface area (Å²) in [5, 5.41) is 0. The van der Waals surface area contributed by atoms with Crippen molar-refractivity contribution < 1.29 is 9.47 Å². The van der Waals surface area contributed by atoms with Gasteiger partial charge in [-0.1, -0.05) is 6.07 Å². The Balaban J connectivity index is 1.65. The van der Waals surface area contributed by atoms with Crippen LogP contribution >= 0.6 is 0 Å². The highest BCUT2D eigenvalue weighted by molar-refractivity contribution is 5.19. The fraction of sp³-hybridized carbons (Fsp3) is 0.444. The zero-order valence-electron chi connectivity index (χ0n) is 13.7. The number of methoxy groups -OCH3 is 1. The largest absolute Gasteiger partial charge is 0.490 e. The van der Waals surface area contributed by atoms with Crippen molar-refractivity contribution >= 4 is 0 Å². The van der Waals surface area contributed by atoms with Gasteiger partial charge in [0.1, 0.15) is 12.4 Å². The molecule has 0 spiro atoms. The lowest BCUT2D eigenvalue weighted by Gasteiger charge is -2.24. The highest BCUT2D eigenvalue weighted by Crippen LogP contribution is 2.24. The third kappa shape index (κ3) is 4.06. The molecule has 0 radical (unpaired) electrons. The zero-order chi connectivity index (χ0) is 16.1. The Bertz CT molecular complexity index is 621. The molecule has 1 fully saturated rings. The molecule has 0 aliphatic carbocycles. The number of likely N-dealkylation sites (tertiary alicyclic amines) is 1. The van der Waals surface area contributed by atoms with Crippen LogP contribution in [-0.4, -0.2) is 47.3 Å². The monoisotopic (exact) mass is 313 g/mol. The molecular weight excluding hydrogens is 290 g/mol. The first-order valence-electron chi connectivity index (χ1n) is 7.96. The molecular formula is C18H23N3O2. The number of nitrogens with zero attached hydrogens (tertiary/aromatic N) is 3. The Hall–Kier alpha value is -1.98. The number of ether oxygens (including phenoxy) is 2. The van der Waals surface area contributed by atoms with Crippen LogP contribution in [0.2, 0.25) is 0 Å². The lowest BCUT2D eigenvalue weighted by Crippen LogP contribution is -2.34. The van der Waals surface area contributed by atoms with Gasteiger partial charge in [-0.05, 0) is 37.1 Å². The Morgan fingerprint density at radius 3 is 2.87 bits per heavy atom. The Morgan fingerprint density at radius 1 is 1.26 bits per heavy atom. The van der Waals surface area contributed by atoms with Gasteiger partial charge in [-0.2, -0.15) is 0 Å². The third-order valence-electron chi connectivity index (χ3n) is 4.39. The summed E-state index contributed by atoms with van der Waals surface area (Å²) in [6, 6.07) is 8.29. The predicted molar refractivity (Wildman–Crippen MR) is 88.3 cm³/mol. The summed E-state index contributed by atoms with van der Waals surface area (Å²) < 4.78 is 11.5. The van der Waals surface area contributed by atoms with Crippen molar-refractivity contribution in [2.75, 3.05) is 20.3 Å². The van der Waals surface area contributed by atoms with E-state index in [0.717, 1.165) is 31.0 Å². The van der Waals surface area contributed by atoms with Crippen molar-refractivity contribution in [1.29, 1.82) is 0 Å². The molecule has 2 aromatic rings. The van der Waals surface area contributed by atoms with Gasteiger partial charge in [-0.3, -0.25) is 14.9 Å². The van der Waals surface area contributed by atoms with Crippen LogP contribution < -0.4 is 4.74 Å². The minimum Gasteiger partial charge on any atom is -0.490 e. The van der Waals surface area contributed by atoms with Gasteiger partial charge < -0.3 is 9.47 Å². The molecule has 2 atom stereocenters. The van der Waals surface area contributed by atoms with Crippen LogP contribution in [0.15, 0.2) is 42.9 Å². The highest BCUT2D eigenvalue weighted by atomic mass is 16.5. The molecule has 0 aromatic carbocycles. The number of hydrogen-bond acceptors (Lipinski definition) is 5. The van der Waals surface area contributed by atoms with Crippen LogP contribution in [0.5, 0.6) is 5.75 Å². The van der Waals surface area contributed by atoms with Crippen molar-refractivity contribution in [2.45, 2.75) is 32.0 Å². The summed E-state index contributed by atoms with van der Waals surface area (Å²) in [7, 11) is 1.78. The van der Waals surface area contributed by atoms with Gasteiger partial charge in [0.05, 0.1) is 12.3 Å². The topological polar surface area (TPSA) is 47.5 Å². The van der Waals surface area contributed by atoms with Crippen LogP contribution in [0.3, 0.4) is 0 Å². The van der Waals surface area contributed by atoms with E-state index in [9.17, 15) is 0 Å². The average molecular weight is 313 g/mol. The van der Waals surface area contributed by atoms with Gasteiger partial charge in [0.2, 0.25) is 0 Å². The van der Waals surface area contributed by atoms with E-state index in [0.29, 0.717) is 12.6 Å². The van der Waals surface area contributed by atoms with E-state index in [1.54, 1.807) is 19.5 Å². The average Bonchev–Trinajstić information content (AvgIpc) is 2.98. The van der Waals surface area contributed by atoms with E-state index >= 15 is 0 Å². The molecule has 1 saturated heterocycles. The van der Waals surface area contributed by atoms with Gasteiger partial charge >= 0.3 is 0 Å². The minimum absolute atomic E-state index is 0.259. The number of pyridine rings is 2. The van der Waals surface area contributed by atoms with E-state index in [4.69, 9.17) is 9.47 Å². The van der Waals surface area contributed by atoms with Gasteiger partial charge in [0.15, 0.2) is 0 Å². The third-order valence-corrected chi connectivity index (χ3v) is 4.39. The molecule has 0 saturated carbocycles. The summed E-state index contributed by atoms with van der Waals surface area (Å²) in [5.41, 5.74) is 2.34. The summed E-state index contributed by atoms with van der Waals surface area (Å²) in [5.74, 6) is 0.811. The van der Waals surface area contributed by atoms with Crippen LogP contribution in [0.1, 0.15) is 17.7 Å². The van der Waals surface area contributed by atoms with Crippen molar-refractivity contribution in [2.24, 2.45) is 0 Å². The molecule has 3 rings (SSSR count). The second-order valence-electron chi connectivity index (χ2n) is 5.92. The van der Waals surface area contributed by atoms with E-state index < -0.39 is 0 Å². The summed E-state index contributed by atoms with van der Waals surface area (Å²) in [6.07, 6.45) is 6.58. The Kier molecular flexibility index (Phi) is 5.20. The molecule has 5 heteroatoms. The first-order valence-corrected chi connectivity index (χ1v) is 7.96. The van der Waals surface area contributed by atoms with Gasteiger partial charge in [0, 0.05) is 44.3 Å². The quantitative estimate of drug-likeness (QED) is 0.820. The van der Waals surface area contributed by atoms with E-state index in [1.807, 2.05) is 24.4 Å². The van der Waals surface area contributed by atoms with Crippen LogP contribution in [0.4, 0.5) is 0 Å². The van der Waals surface area contributed by atoms with E-state index in [-0.39, 0.29) is 6.10 Å². The fourth-order valence-electron chi connectivity index (χ4n) is 3.00. The van der Waals surface area contributed by atoms with Gasteiger partial charge in [-0.15, -0.1) is 0 Å². The maximum Gasteiger partial charge on any atom is 0.137 e. The van der Waals surface area contributed by atoms with Crippen molar-refractivity contribution in [1.82, 2.24) is 14.9 Å². The SMILES string of the molecule is CO[C@@H]1C[C@@H](COc2cccnc2)N(Cc2cccnc2C)C1. The van der Waals surface area contributed by atoms with Gasteiger partial charge in [-0.25, -0.2) is 0 Å². The maximum absolute atomic E-state index is 5.91. The first kappa shape index (κ1) is 15.9. The molecule has 0 bridgehead atoms. The molecule has 3 heterocycles. The second-order valence-corrected chi connectivity index (χ2v) is 5.92. The molecule has 1 aliphatic rings. The fourth-order valence-corrected chi connectivity index (χ4v) is 3.00. The predicted octanol–water partition coefficient (Wildman–Crippen LogP) is 2.45. The second kappa shape index (κ2) is 7.53. The van der Waals surface area contributed by atoms with E-state index in [2.05, 4.69) is 27.9 Å². The Morgan fingerprint density at radius 2 is 2.13 bits per heavy atom. The molecule has 1 aliphatic heterocycles. The van der Waals surface area contributed by atoms with Crippen LogP contribution in [0.25, 0.3) is 0 Å². The lowest BCUT2D eigenvalue weighted by molar-refractivity contribution is 0.107. The summed E-state index contributed by atoms with van der Waals surface area (Å²) in [6.45, 7) is 4.50. The summed E-state index contributed by atoms with van der Waals surface area (Å²) >= 11 is 0. The Labute approximate surface area is 137 Å². The molecule has 23 heavy (non-hydrogen) atoms. The zero-order valence-corrected chi connectivity index (χ0v) is 13.7. The number of hydrogen-bond donors (Lipinski definition) is 0. The molecule has 0 amide bonds. The normalized spacial score (nSPS) is 21.5. The molecule has 0 N–H and O–H groups in total. The smallest absolute Gasteiger partial charge is 0.137 e. The minimum atomic E-state index is 0.259. The molecule has 5 nitrogen and oxygen atoms in total. The number of aromatic nitrogens is 2. The van der Waals surface area contributed by atoms with Crippen molar-refractivity contribution in [3.8, 4) is 5.75 Å². The van der Waals surface area contributed by atoms with Crippen molar-refractivity contribution in [3.63, 3.8) is 0 Å². The van der Waals surface area contributed by atoms with Crippen LogP contribution in [0, 0.1) is 6.92 Å². The van der Waals surface area contributed by atoms with E-state index in [1.165, 1.54) is 5.56 Å². The maximum atomic E-state index is 5.91. The van der Waals surface area contributed by atoms with Crippen LogP contribution in [-0.2, 0) is 11.3 Å². The highest BCUT2D eigenvalue weighted by Gasteiger charge is 2.32. The molecule has 2 aromatic heterocycles. The van der Waals surface area contributed by atoms with Crippen molar-refractivity contribution in [3.05, 3.63) is 54.1 Å². The number of rotatable bonds is 6. The number of aryl methyl sites for hydroxylation is 1. The van der Waals surface area contributed by atoms with Gasteiger partial charge in [0.25, 0.3) is 0 Å². The standard InChI is InChI=1S/C18H23N3O2/c1-14-15(5-3-8-20-14)11-21-12-18(22-2)9-16(21)13-23-17-6-4-7-19-10-17/h3-8,10,16,18H,9,11-13H2,1-2H3/t16-,18+/m0/s1. The first-order chi connectivity index (χ1) is 11.3. The summed E-state index contributed by atoms with van der Waals surface area (Å²) in [4.78, 5) is 10.9. The lowest BCUT2D eigenvalue weighted by atomic mass is 10.1.